The second kappa shape index (κ2) is 15.3. The largest absolute Gasteiger partial charge is 0.483 e. The lowest BCUT2D eigenvalue weighted by molar-refractivity contribution is -0.130. The highest BCUT2D eigenvalue weighted by atomic mass is 16.5. The Labute approximate surface area is 186 Å². The summed E-state index contributed by atoms with van der Waals surface area (Å²) in [5.74, 6) is 0.121. The van der Waals surface area contributed by atoms with Gasteiger partial charge in [0.2, 0.25) is 5.91 Å². The summed E-state index contributed by atoms with van der Waals surface area (Å²) in [6.07, 6.45) is 14.1. The number of rotatable bonds is 15. The average molecular weight is 427 g/mol. The molecule has 0 fully saturated rings. The second-order valence-corrected chi connectivity index (χ2v) is 8.15. The van der Waals surface area contributed by atoms with Gasteiger partial charge < -0.3 is 4.74 Å². The lowest BCUT2D eigenvalue weighted by Gasteiger charge is -2.10. The third-order valence-corrected chi connectivity index (χ3v) is 5.46. The van der Waals surface area contributed by atoms with Gasteiger partial charge in [0.05, 0.1) is 0 Å². The Morgan fingerprint density at radius 2 is 1.29 bits per heavy atom. The maximum Gasteiger partial charge on any atom is 0.276 e. The minimum Gasteiger partial charge on any atom is -0.483 e. The zero-order chi connectivity index (χ0) is 22.2. The van der Waals surface area contributed by atoms with Crippen molar-refractivity contribution in [2.24, 2.45) is 0 Å². The minimum atomic E-state index is -0.375. The van der Waals surface area contributed by atoms with Crippen molar-refractivity contribution < 1.29 is 14.3 Å². The van der Waals surface area contributed by atoms with Gasteiger partial charge in [-0.1, -0.05) is 108 Å². The van der Waals surface area contributed by atoms with E-state index >= 15 is 0 Å². The van der Waals surface area contributed by atoms with E-state index < -0.39 is 0 Å². The van der Waals surface area contributed by atoms with Crippen molar-refractivity contribution in [1.82, 2.24) is 10.9 Å². The molecule has 170 valence electrons. The van der Waals surface area contributed by atoms with Crippen LogP contribution in [0.5, 0.6) is 5.75 Å². The fourth-order valence-corrected chi connectivity index (χ4v) is 3.65. The molecule has 5 heteroatoms. The Hall–Kier alpha value is -2.56. The summed E-state index contributed by atoms with van der Waals surface area (Å²) in [5.41, 5.74) is 4.90. The number of carbonyl (C=O) groups is 2. The van der Waals surface area contributed by atoms with Crippen molar-refractivity contribution >= 4 is 22.6 Å². The molecule has 2 aromatic carbocycles. The van der Waals surface area contributed by atoms with Crippen LogP contribution in [0.3, 0.4) is 0 Å². The number of ether oxygens (including phenoxy) is 1. The summed E-state index contributed by atoms with van der Waals surface area (Å²) in [5, 5.41) is 2.01. The van der Waals surface area contributed by atoms with Crippen molar-refractivity contribution in [3.63, 3.8) is 0 Å². The highest BCUT2D eigenvalue weighted by Crippen LogP contribution is 2.24. The summed E-state index contributed by atoms with van der Waals surface area (Å²) in [4.78, 5) is 23.9. The molecule has 2 amide bonds. The SMILES string of the molecule is CCCCCCCCCCCCCC(=O)NNC(=O)COc1cccc2ccccc12. The molecule has 0 aliphatic carbocycles. The molecule has 0 aromatic heterocycles. The molecule has 0 spiro atoms. The Morgan fingerprint density at radius 1 is 0.710 bits per heavy atom. The normalized spacial score (nSPS) is 10.7. The fourth-order valence-electron chi connectivity index (χ4n) is 3.65. The van der Waals surface area contributed by atoms with E-state index in [0.717, 1.165) is 23.6 Å². The number of unbranched alkanes of at least 4 members (excludes halogenated alkanes) is 10. The van der Waals surface area contributed by atoms with E-state index in [4.69, 9.17) is 4.74 Å². The smallest absolute Gasteiger partial charge is 0.276 e. The first-order valence-corrected chi connectivity index (χ1v) is 11.9. The molecular formula is C26H38N2O3. The van der Waals surface area contributed by atoms with Crippen LogP contribution >= 0.6 is 0 Å². The summed E-state index contributed by atoms with van der Waals surface area (Å²) in [6.45, 7) is 2.10. The van der Waals surface area contributed by atoms with Gasteiger partial charge in [0.1, 0.15) is 5.75 Å². The minimum absolute atomic E-state index is 0.146. The van der Waals surface area contributed by atoms with Gasteiger partial charge >= 0.3 is 0 Å². The molecule has 0 bridgehead atoms. The first-order valence-electron chi connectivity index (χ1n) is 11.9. The van der Waals surface area contributed by atoms with Crippen LogP contribution in [0.1, 0.15) is 84.0 Å². The van der Waals surface area contributed by atoms with Gasteiger partial charge in [-0.2, -0.15) is 0 Å². The first-order chi connectivity index (χ1) is 15.2. The summed E-state index contributed by atoms with van der Waals surface area (Å²) < 4.78 is 5.62. The quantitative estimate of drug-likeness (QED) is 0.268. The fraction of sp³-hybridized carbons (Fsp3) is 0.538. The number of hydrogen-bond acceptors (Lipinski definition) is 3. The van der Waals surface area contributed by atoms with Crippen molar-refractivity contribution in [3.8, 4) is 5.75 Å². The Balaban J connectivity index is 1.48. The number of fused-ring (bicyclic) bond motifs is 1. The van der Waals surface area contributed by atoms with Crippen molar-refractivity contribution in [2.75, 3.05) is 6.61 Å². The summed E-state index contributed by atoms with van der Waals surface area (Å²) >= 11 is 0. The van der Waals surface area contributed by atoms with Crippen molar-refractivity contribution in [3.05, 3.63) is 42.5 Å². The zero-order valence-corrected chi connectivity index (χ0v) is 19.0. The molecule has 31 heavy (non-hydrogen) atoms. The van der Waals surface area contributed by atoms with Crippen molar-refractivity contribution in [1.29, 1.82) is 0 Å². The summed E-state index contributed by atoms with van der Waals surface area (Å²) in [6, 6.07) is 13.6. The molecule has 0 radical (unpaired) electrons. The Kier molecular flexibility index (Phi) is 12.2. The monoisotopic (exact) mass is 426 g/mol. The number of carbonyl (C=O) groups excluding carboxylic acids is 2. The molecule has 0 aliphatic heterocycles. The standard InChI is InChI=1S/C26H38N2O3/c1-2-3-4-5-6-7-8-9-10-11-12-20-25(29)27-28-26(30)21-31-24-19-15-17-22-16-13-14-18-23(22)24/h13-19H,2-12,20-21H2,1H3,(H,27,29)(H,28,30). The van der Waals surface area contributed by atoms with E-state index in [-0.39, 0.29) is 18.4 Å². The van der Waals surface area contributed by atoms with Crippen LogP contribution in [-0.2, 0) is 9.59 Å². The van der Waals surface area contributed by atoms with Crippen LogP contribution in [0.15, 0.2) is 42.5 Å². The van der Waals surface area contributed by atoms with E-state index in [2.05, 4.69) is 17.8 Å². The molecule has 0 aliphatic rings. The van der Waals surface area contributed by atoms with E-state index in [9.17, 15) is 9.59 Å². The predicted octanol–water partition coefficient (Wildman–Crippen LogP) is 6.07. The molecule has 0 unspecified atom stereocenters. The number of hydrogen-bond donors (Lipinski definition) is 2. The van der Waals surface area contributed by atoms with Crippen LogP contribution in [0.25, 0.3) is 10.8 Å². The third kappa shape index (κ3) is 10.3. The van der Waals surface area contributed by atoms with Gasteiger partial charge in [-0.25, -0.2) is 0 Å². The molecule has 0 saturated heterocycles. The van der Waals surface area contributed by atoms with Crippen molar-refractivity contribution in [2.45, 2.75) is 84.0 Å². The lowest BCUT2D eigenvalue weighted by Crippen LogP contribution is -2.43. The molecule has 0 saturated carbocycles. The average Bonchev–Trinajstić information content (AvgIpc) is 2.79. The highest BCUT2D eigenvalue weighted by molar-refractivity contribution is 5.89. The van der Waals surface area contributed by atoms with Gasteiger partial charge in [-0.05, 0) is 17.9 Å². The first kappa shape index (κ1) is 24.7. The van der Waals surface area contributed by atoms with Crippen LogP contribution in [0, 0.1) is 0 Å². The van der Waals surface area contributed by atoms with Gasteiger partial charge in [0.25, 0.3) is 5.91 Å². The van der Waals surface area contributed by atoms with E-state index in [1.807, 2.05) is 42.5 Å². The van der Waals surface area contributed by atoms with Gasteiger partial charge in [-0.3, -0.25) is 20.4 Å². The lowest BCUT2D eigenvalue weighted by atomic mass is 10.1. The predicted molar refractivity (Wildman–Crippen MR) is 127 cm³/mol. The second-order valence-electron chi connectivity index (χ2n) is 8.15. The van der Waals surface area contributed by atoms with Gasteiger partial charge in [-0.15, -0.1) is 0 Å². The third-order valence-electron chi connectivity index (χ3n) is 5.46. The van der Waals surface area contributed by atoms with Crippen LogP contribution < -0.4 is 15.6 Å². The zero-order valence-electron chi connectivity index (χ0n) is 19.0. The molecule has 2 N–H and O–H groups in total. The van der Waals surface area contributed by atoms with E-state index in [1.165, 1.54) is 57.8 Å². The van der Waals surface area contributed by atoms with E-state index in [0.29, 0.717) is 12.2 Å². The maximum atomic E-state index is 12.0. The topological polar surface area (TPSA) is 67.4 Å². The number of benzene rings is 2. The molecule has 0 atom stereocenters. The Bertz CT molecular complexity index is 786. The van der Waals surface area contributed by atoms with Crippen LogP contribution in [-0.4, -0.2) is 18.4 Å². The highest BCUT2D eigenvalue weighted by Gasteiger charge is 2.07. The Morgan fingerprint density at radius 3 is 2.00 bits per heavy atom. The molecule has 0 heterocycles. The molecule has 2 aromatic rings. The van der Waals surface area contributed by atoms with E-state index in [1.54, 1.807) is 0 Å². The van der Waals surface area contributed by atoms with Gasteiger partial charge in [0.15, 0.2) is 6.61 Å². The van der Waals surface area contributed by atoms with Crippen LogP contribution in [0.4, 0.5) is 0 Å². The summed E-state index contributed by atoms with van der Waals surface area (Å²) in [7, 11) is 0. The van der Waals surface area contributed by atoms with Crippen LogP contribution in [0.2, 0.25) is 0 Å². The number of nitrogens with one attached hydrogen (secondary N) is 2. The number of hydrazine groups is 1. The molecule has 5 nitrogen and oxygen atoms in total. The van der Waals surface area contributed by atoms with Gasteiger partial charge in [0, 0.05) is 11.8 Å². The maximum absolute atomic E-state index is 12.0. The number of amides is 2. The molecular weight excluding hydrogens is 388 g/mol. The molecule has 2 rings (SSSR count).